The summed E-state index contributed by atoms with van der Waals surface area (Å²) in [4.78, 5) is 3.93. The van der Waals surface area contributed by atoms with Gasteiger partial charge in [-0.1, -0.05) is 0 Å². The molecule has 18 heavy (non-hydrogen) atoms. The summed E-state index contributed by atoms with van der Waals surface area (Å²) in [5.41, 5.74) is 7.38. The Bertz CT molecular complexity index is 364. The number of nitrogens with two attached hydrogens (primary N) is 1. The van der Waals surface area contributed by atoms with E-state index in [2.05, 4.69) is 30.2 Å². The maximum absolute atomic E-state index is 6.01. The summed E-state index contributed by atoms with van der Waals surface area (Å²) in [5, 5.41) is 2.16. The van der Waals surface area contributed by atoms with Crippen LogP contribution in [-0.2, 0) is 4.74 Å². The molecule has 4 heteroatoms. The van der Waals surface area contributed by atoms with Gasteiger partial charge in [0.2, 0.25) is 0 Å². The summed E-state index contributed by atoms with van der Waals surface area (Å²) in [6, 6.07) is 2.56. The molecule has 0 saturated carbocycles. The quantitative estimate of drug-likeness (QED) is 0.892. The molecule has 0 amide bonds. The molecule has 0 radical (unpaired) electrons. The van der Waals surface area contributed by atoms with Gasteiger partial charge in [-0.3, -0.25) is 4.90 Å². The molecule has 2 atom stereocenters. The molecule has 0 spiro atoms. The zero-order valence-electron chi connectivity index (χ0n) is 11.4. The number of hydrogen-bond donors (Lipinski definition) is 1. The van der Waals surface area contributed by atoms with Crippen molar-refractivity contribution in [2.45, 2.75) is 38.8 Å². The molecule has 1 aliphatic rings. The molecule has 0 bridgehead atoms. The Morgan fingerprint density at radius 1 is 1.61 bits per heavy atom. The van der Waals surface area contributed by atoms with Crippen LogP contribution in [0.25, 0.3) is 0 Å². The van der Waals surface area contributed by atoms with Crippen molar-refractivity contribution < 1.29 is 4.74 Å². The fourth-order valence-corrected chi connectivity index (χ4v) is 3.84. The Balaban J connectivity index is 2.06. The van der Waals surface area contributed by atoms with Crippen LogP contribution < -0.4 is 5.73 Å². The molecule has 1 aliphatic heterocycles. The van der Waals surface area contributed by atoms with E-state index in [0.717, 1.165) is 19.7 Å². The summed E-state index contributed by atoms with van der Waals surface area (Å²) >= 11 is 1.83. The topological polar surface area (TPSA) is 38.5 Å². The largest absolute Gasteiger partial charge is 0.377 e. The number of nitrogens with zero attached hydrogens (tertiary/aromatic N) is 1. The van der Waals surface area contributed by atoms with Gasteiger partial charge in [0.05, 0.1) is 12.1 Å². The van der Waals surface area contributed by atoms with E-state index in [0.29, 0.717) is 18.7 Å². The normalized spacial score (nSPS) is 23.2. The van der Waals surface area contributed by atoms with Gasteiger partial charge in [0, 0.05) is 24.6 Å². The predicted molar refractivity (Wildman–Crippen MR) is 77.1 cm³/mol. The first-order chi connectivity index (χ1) is 8.76. The molecule has 2 unspecified atom stereocenters. The molecule has 1 aromatic rings. The van der Waals surface area contributed by atoms with Crippen LogP contribution in [0.3, 0.4) is 0 Å². The molecular weight excluding hydrogens is 244 g/mol. The summed E-state index contributed by atoms with van der Waals surface area (Å²) in [6.45, 7) is 7.92. The van der Waals surface area contributed by atoms with Gasteiger partial charge in [0.15, 0.2) is 0 Å². The highest BCUT2D eigenvalue weighted by Crippen LogP contribution is 2.30. The van der Waals surface area contributed by atoms with Crippen LogP contribution in [0.4, 0.5) is 0 Å². The lowest BCUT2D eigenvalue weighted by molar-refractivity contribution is -0.00622. The van der Waals surface area contributed by atoms with Crippen LogP contribution >= 0.6 is 11.3 Å². The van der Waals surface area contributed by atoms with Crippen molar-refractivity contribution in [1.82, 2.24) is 4.90 Å². The fourth-order valence-electron chi connectivity index (χ4n) is 2.77. The molecule has 0 aliphatic carbocycles. The summed E-state index contributed by atoms with van der Waals surface area (Å²) < 4.78 is 5.78. The maximum Gasteiger partial charge on any atom is 0.0702 e. The number of rotatable bonds is 5. The molecule has 1 aromatic heterocycles. The van der Waals surface area contributed by atoms with Gasteiger partial charge in [0.1, 0.15) is 0 Å². The van der Waals surface area contributed by atoms with E-state index in [9.17, 15) is 0 Å². The van der Waals surface area contributed by atoms with Crippen molar-refractivity contribution in [1.29, 1.82) is 0 Å². The van der Waals surface area contributed by atoms with Crippen molar-refractivity contribution in [3.05, 3.63) is 21.9 Å². The lowest BCUT2D eigenvalue weighted by atomic mass is 10.0. The van der Waals surface area contributed by atoms with Crippen molar-refractivity contribution >= 4 is 11.3 Å². The molecule has 3 nitrogen and oxygen atoms in total. The summed E-state index contributed by atoms with van der Waals surface area (Å²) in [6.07, 6.45) is 2.79. The van der Waals surface area contributed by atoms with Gasteiger partial charge in [-0.15, -0.1) is 11.3 Å². The maximum atomic E-state index is 6.01. The van der Waals surface area contributed by atoms with Crippen molar-refractivity contribution in [2.24, 2.45) is 5.73 Å². The van der Waals surface area contributed by atoms with Crippen LogP contribution in [-0.4, -0.2) is 37.2 Å². The first-order valence-corrected chi connectivity index (χ1v) is 7.74. The lowest BCUT2D eigenvalue weighted by Crippen LogP contribution is -2.43. The van der Waals surface area contributed by atoms with E-state index in [-0.39, 0.29) is 0 Å². The minimum Gasteiger partial charge on any atom is -0.377 e. The van der Waals surface area contributed by atoms with E-state index in [1.807, 2.05) is 11.3 Å². The highest BCUT2D eigenvalue weighted by Gasteiger charge is 2.27. The number of hydrogen-bond acceptors (Lipinski definition) is 4. The standard InChI is InChI=1S/C14H24N2OS/c1-3-17-12-5-4-7-16(10-12)13(9-15)14-11(2)6-8-18-14/h6,8,12-13H,3-5,7,9-10,15H2,1-2H3. The molecule has 2 N–H and O–H groups in total. The second-order valence-corrected chi connectivity index (χ2v) is 5.88. The Hall–Kier alpha value is -0.420. The zero-order chi connectivity index (χ0) is 13.0. The van der Waals surface area contributed by atoms with Gasteiger partial charge < -0.3 is 10.5 Å². The molecule has 1 fully saturated rings. The average Bonchev–Trinajstić information content (AvgIpc) is 2.78. The van der Waals surface area contributed by atoms with Gasteiger partial charge in [-0.05, 0) is 50.2 Å². The molecule has 2 heterocycles. The number of piperidine rings is 1. The molecule has 0 aromatic carbocycles. The smallest absolute Gasteiger partial charge is 0.0702 e. The third-order valence-electron chi connectivity index (χ3n) is 3.68. The van der Waals surface area contributed by atoms with Gasteiger partial charge in [-0.2, -0.15) is 0 Å². The fraction of sp³-hybridized carbons (Fsp3) is 0.714. The third kappa shape index (κ3) is 3.12. The van der Waals surface area contributed by atoms with Crippen LogP contribution in [0.5, 0.6) is 0 Å². The Morgan fingerprint density at radius 2 is 2.44 bits per heavy atom. The highest BCUT2D eigenvalue weighted by atomic mass is 32.1. The van der Waals surface area contributed by atoms with Crippen molar-refractivity contribution in [3.63, 3.8) is 0 Å². The van der Waals surface area contributed by atoms with Gasteiger partial charge in [0.25, 0.3) is 0 Å². The van der Waals surface area contributed by atoms with E-state index in [1.54, 1.807) is 0 Å². The Kier molecular flexibility index (Phi) is 5.18. The Morgan fingerprint density at radius 3 is 3.06 bits per heavy atom. The van der Waals surface area contributed by atoms with Crippen molar-refractivity contribution in [3.8, 4) is 0 Å². The molecule has 1 saturated heterocycles. The summed E-state index contributed by atoms with van der Waals surface area (Å²) in [5.74, 6) is 0. The van der Waals surface area contributed by atoms with Crippen LogP contribution in [0.2, 0.25) is 0 Å². The monoisotopic (exact) mass is 268 g/mol. The first-order valence-electron chi connectivity index (χ1n) is 6.86. The highest BCUT2D eigenvalue weighted by molar-refractivity contribution is 7.10. The van der Waals surface area contributed by atoms with E-state index in [4.69, 9.17) is 10.5 Å². The first kappa shape index (κ1) is 14.0. The number of aryl methyl sites for hydroxylation is 1. The van der Waals surface area contributed by atoms with Crippen LogP contribution in [0.1, 0.15) is 36.2 Å². The number of ether oxygens (including phenoxy) is 1. The lowest BCUT2D eigenvalue weighted by Gasteiger charge is -2.37. The third-order valence-corrected chi connectivity index (χ3v) is 4.80. The predicted octanol–water partition coefficient (Wildman–Crippen LogP) is 2.56. The zero-order valence-corrected chi connectivity index (χ0v) is 12.2. The average molecular weight is 268 g/mol. The minimum atomic E-state index is 0.369. The minimum absolute atomic E-state index is 0.369. The van der Waals surface area contributed by atoms with Gasteiger partial charge >= 0.3 is 0 Å². The van der Waals surface area contributed by atoms with Gasteiger partial charge in [-0.25, -0.2) is 0 Å². The second-order valence-electron chi connectivity index (χ2n) is 4.93. The van der Waals surface area contributed by atoms with E-state index < -0.39 is 0 Å². The second kappa shape index (κ2) is 6.66. The molecular formula is C14H24N2OS. The van der Waals surface area contributed by atoms with E-state index >= 15 is 0 Å². The molecule has 2 rings (SSSR count). The summed E-state index contributed by atoms with van der Waals surface area (Å²) in [7, 11) is 0. The van der Waals surface area contributed by atoms with E-state index in [1.165, 1.54) is 23.3 Å². The van der Waals surface area contributed by atoms with Crippen LogP contribution in [0, 0.1) is 6.92 Å². The SMILES string of the molecule is CCOC1CCCN(C(CN)c2sccc2C)C1. The Labute approximate surface area is 114 Å². The van der Waals surface area contributed by atoms with Crippen molar-refractivity contribution in [2.75, 3.05) is 26.2 Å². The number of likely N-dealkylation sites (tertiary alicyclic amines) is 1. The number of thiophene rings is 1. The van der Waals surface area contributed by atoms with Crippen LogP contribution in [0.15, 0.2) is 11.4 Å². The molecule has 102 valence electrons.